The minimum absolute atomic E-state index is 0.251. The SMILES string of the molecule is Cc1cc(C)n2nc(N)[n+](N)c2n1. The number of anilines is 1. The first-order valence-electron chi connectivity index (χ1n) is 3.89. The topological polar surface area (TPSA) is 86.1 Å². The number of aromatic nitrogens is 4. The highest BCUT2D eigenvalue weighted by Gasteiger charge is 2.16. The van der Waals surface area contributed by atoms with Crippen molar-refractivity contribution in [2.75, 3.05) is 11.6 Å². The Kier molecular flexibility index (Phi) is 1.39. The largest absolute Gasteiger partial charge is 0.379 e. The quantitative estimate of drug-likeness (QED) is 0.398. The monoisotopic (exact) mass is 179 g/mol. The maximum Gasteiger partial charge on any atom is 0.379 e. The molecule has 2 heterocycles. The minimum Gasteiger partial charge on any atom is -0.316 e. The number of hydrogen-bond acceptors (Lipinski definition) is 4. The Hall–Kier alpha value is -1.85. The van der Waals surface area contributed by atoms with Crippen molar-refractivity contribution in [1.82, 2.24) is 14.6 Å². The highest BCUT2D eigenvalue weighted by Crippen LogP contribution is 2.02. The van der Waals surface area contributed by atoms with Gasteiger partial charge in [-0.15, -0.1) is 14.2 Å². The van der Waals surface area contributed by atoms with Crippen molar-refractivity contribution in [3.8, 4) is 0 Å². The number of nitrogens with zero attached hydrogens (tertiary/aromatic N) is 4. The summed E-state index contributed by atoms with van der Waals surface area (Å²) in [5.74, 6) is 6.42. The average molecular weight is 179 g/mol. The lowest BCUT2D eigenvalue weighted by atomic mass is 10.4. The van der Waals surface area contributed by atoms with Crippen LogP contribution in [0.4, 0.5) is 5.95 Å². The second-order valence-electron chi connectivity index (χ2n) is 2.98. The Labute approximate surface area is 74.8 Å². The maximum atomic E-state index is 5.62. The van der Waals surface area contributed by atoms with E-state index in [0.29, 0.717) is 5.78 Å². The molecule has 0 fully saturated rings. The van der Waals surface area contributed by atoms with Gasteiger partial charge in [0.05, 0.1) is 11.4 Å². The second kappa shape index (κ2) is 2.32. The number of aryl methyl sites for hydroxylation is 2. The van der Waals surface area contributed by atoms with Crippen LogP contribution >= 0.6 is 0 Å². The zero-order valence-corrected chi connectivity index (χ0v) is 7.52. The molecule has 0 aliphatic heterocycles. The minimum atomic E-state index is 0.251. The third kappa shape index (κ3) is 0.986. The van der Waals surface area contributed by atoms with E-state index >= 15 is 0 Å². The molecule has 0 aliphatic carbocycles. The van der Waals surface area contributed by atoms with Gasteiger partial charge in [0.25, 0.3) is 0 Å². The van der Waals surface area contributed by atoms with Gasteiger partial charge in [0, 0.05) is 11.2 Å². The normalized spacial score (nSPS) is 10.9. The van der Waals surface area contributed by atoms with E-state index in [9.17, 15) is 0 Å². The smallest absolute Gasteiger partial charge is 0.316 e. The molecule has 0 spiro atoms. The van der Waals surface area contributed by atoms with E-state index in [0.717, 1.165) is 11.4 Å². The van der Waals surface area contributed by atoms with E-state index < -0.39 is 0 Å². The molecule has 0 radical (unpaired) electrons. The predicted molar refractivity (Wildman–Crippen MR) is 47.2 cm³/mol. The van der Waals surface area contributed by atoms with Crippen LogP contribution in [-0.2, 0) is 0 Å². The van der Waals surface area contributed by atoms with E-state index in [1.807, 2.05) is 19.9 Å². The first kappa shape index (κ1) is 7.78. The summed E-state index contributed by atoms with van der Waals surface area (Å²) in [6.45, 7) is 3.82. The highest BCUT2D eigenvalue weighted by atomic mass is 15.5. The molecule has 2 aromatic rings. The van der Waals surface area contributed by atoms with E-state index in [-0.39, 0.29) is 5.95 Å². The zero-order valence-electron chi connectivity index (χ0n) is 7.52. The van der Waals surface area contributed by atoms with E-state index in [1.165, 1.54) is 4.68 Å². The van der Waals surface area contributed by atoms with Crippen molar-refractivity contribution in [2.24, 2.45) is 0 Å². The van der Waals surface area contributed by atoms with Crippen LogP contribution in [0.2, 0.25) is 0 Å². The van der Waals surface area contributed by atoms with Crippen molar-refractivity contribution in [3.63, 3.8) is 0 Å². The Morgan fingerprint density at radius 3 is 2.85 bits per heavy atom. The molecular weight excluding hydrogens is 168 g/mol. The van der Waals surface area contributed by atoms with Gasteiger partial charge in [-0.3, -0.25) is 0 Å². The number of nitrogen functional groups attached to an aromatic ring is 2. The van der Waals surface area contributed by atoms with Crippen LogP contribution in [0, 0.1) is 13.8 Å². The lowest BCUT2D eigenvalue weighted by molar-refractivity contribution is -0.599. The van der Waals surface area contributed by atoms with E-state index in [2.05, 4.69) is 10.1 Å². The Morgan fingerprint density at radius 1 is 1.46 bits per heavy atom. The Morgan fingerprint density at radius 2 is 2.15 bits per heavy atom. The molecule has 0 aliphatic rings. The van der Waals surface area contributed by atoms with Gasteiger partial charge in [-0.2, -0.15) is 0 Å². The molecule has 0 bridgehead atoms. The number of fused-ring (bicyclic) bond motifs is 1. The molecule has 4 N–H and O–H groups in total. The number of hydrogen-bond donors (Lipinski definition) is 2. The molecule has 0 aromatic carbocycles. The van der Waals surface area contributed by atoms with Crippen LogP contribution in [-0.4, -0.2) is 14.6 Å². The van der Waals surface area contributed by atoms with Crippen LogP contribution in [0.25, 0.3) is 5.78 Å². The number of rotatable bonds is 0. The summed E-state index contributed by atoms with van der Waals surface area (Å²) in [5, 5.41) is 4.02. The van der Waals surface area contributed by atoms with Gasteiger partial charge >= 0.3 is 11.7 Å². The van der Waals surface area contributed by atoms with Crippen molar-refractivity contribution in [2.45, 2.75) is 13.8 Å². The van der Waals surface area contributed by atoms with E-state index in [1.54, 1.807) is 4.52 Å². The highest BCUT2D eigenvalue weighted by molar-refractivity contribution is 5.28. The summed E-state index contributed by atoms with van der Waals surface area (Å²) < 4.78 is 2.88. The summed E-state index contributed by atoms with van der Waals surface area (Å²) in [6.07, 6.45) is 0. The molecule has 0 amide bonds. The lowest BCUT2D eigenvalue weighted by Crippen LogP contribution is -2.46. The van der Waals surface area contributed by atoms with Crippen LogP contribution in [0.1, 0.15) is 11.4 Å². The second-order valence-corrected chi connectivity index (χ2v) is 2.98. The first-order valence-corrected chi connectivity index (χ1v) is 3.89. The van der Waals surface area contributed by atoms with Crippen LogP contribution in [0.15, 0.2) is 6.07 Å². The molecule has 0 unspecified atom stereocenters. The molecule has 0 saturated heterocycles. The summed E-state index contributed by atoms with van der Waals surface area (Å²) in [4.78, 5) is 4.22. The maximum absolute atomic E-state index is 5.62. The van der Waals surface area contributed by atoms with Gasteiger partial charge in [-0.25, -0.2) is 0 Å². The van der Waals surface area contributed by atoms with Crippen molar-refractivity contribution >= 4 is 11.7 Å². The Bertz CT molecular complexity index is 471. The van der Waals surface area contributed by atoms with Gasteiger partial charge in [-0.05, 0) is 13.8 Å². The molecule has 0 saturated carbocycles. The van der Waals surface area contributed by atoms with Gasteiger partial charge in [0.15, 0.2) is 0 Å². The summed E-state index contributed by atoms with van der Waals surface area (Å²) in [6, 6.07) is 1.92. The van der Waals surface area contributed by atoms with Crippen LogP contribution < -0.4 is 16.3 Å². The fraction of sp³-hybridized carbons (Fsp3) is 0.286. The molecule has 68 valence electrons. The van der Waals surface area contributed by atoms with E-state index in [4.69, 9.17) is 11.6 Å². The van der Waals surface area contributed by atoms with Gasteiger partial charge < -0.3 is 11.6 Å². The van der Waals surface area contributed by atoms with Crippen molar-refractivity contribution in [3.05, 3.63) is 17.5 Å². The van der Waals surface area contributed by atoms with Crippen molar-refractivity contribution in [1.29, 1.82) is 0 Å². The van der Waals surface area contributed by atoms with Crippen LogP contribution in [0.3, 0.4) is 0 Å². The fourth-order valence-corrected chi connectivity index (χ4v) is 1.29. The third-order valence-electron chi connectivity index (χ3n) is 1.88. The first-order chi connectivity index (χ1) is 6.09. The molecule has 6 nitrogen and oxygen atoms in total. The van der Waals surface area contributed by atoms with Gasteiger partial charge in [-0.1, -0.05) is 0 Å². The molecular formula is C7H11N6+. The molecule has 0 atom stereocenters. The zero-order chi connectivity index (χ0) is 9.59. The predicted octanol–water partition coefficient (Wildman–Crippen LogP) is -1.07. The lowest BCUT2D eigenvalue weighted by Gasteiger charge is -1.92. The molecule has 2 aromatic heterocycles. The average Bonchev–Trinajstić information content (AvgIpc) is 2.32. The third-order valence-corrected chi connectivity index (χ3v) is 1.88. The standard InChI is InChI=1S/C7H11N6/c1-4-3-5(2)13-7(10-4)12(9)6(8)11-13/h3H,9H2,1-2H3,(H2,8,11)/q+1. The summed E-state index contributed by atoms with van der Waals surface area (Å²) in [5.41, 5.74) is 7.39. The summed E-state index contributed by atoms with van der Waals surface area (Å²) in [7, 11) is 0. The molecule has 6 heteroatoms. The summed E-state index contributed by atoms with van der Waals surface area (Å²) >= 11 is 0. The van der Waals surface area contributed by atoms with Gasteiger partial charge in [0.2, 0.25) is 0 Å². The number of nitrogens with two attached hydrogens (primary N) is 2. The fourth-order valence-electron chi connectivity index (χ4n) is 1.29. The molecule has 13 heavy (non-hydrogen) atoms. The van der Waals surface area contributed by atoms with Gasteiger partial charge in [0.1, 0.15) is 0 Å². The Balaban J connectivity index is 2.94. The molecule has 2 rings (SSSR count). The van der Waals surface area contributed by atoms with Crippen LogP contribution in [0.5, 0.6) is 0 Å². The van der Waals surface area contributed by atoms with Crippen molar-refractivity contribution < 1.29 is 4.68 Å².